The van der Waals surface area contributed by atoms with E-state index >= 15 is 0 Å². The van der Waals surface area contributed by atoms with Crippen LogP contribution in [0.1, 0.15) is 16.1 Å². The van der Waals surface area contributed by atoms with Gasteiger partial charge < -0.3 is 13.7 Å². The van der Waals surface area contributed by atoms with Gasteiger partial charge in [-0.3, -0.25) is 0 Å². The minimum atomic E-state index is -0.333. The van der Waals surface area contributed by atoms with Crippen molar-refractivity contribution in [3.8, 4) is 0 Å². The Bertz CT molecular complexity index is 977. The minimum absolute atomic E-state index is 0.333. The number of aromatic nitrogens is 1. The zero-order valence-electron chi connectivity index (χ0n) is 12.7. The molecule has 0 aliphatic heterocycles. The molecule has 0 fully saturated rings. The highest BCUT2D eigenvalue weighted by Gasteiger charge is 2.14. The van der Waals surface area contributed by atoms with Gasteiger partial charge in [0.2, 0.25) is 0 Å². The van der Waals surface area contributed by atoms with Gasteiger partial charge >= 0.3 is 5.97 Å². The molecular formula is C19H15NO3. The van der Waals surface area contributed by atoms with Gasteiger partial charge in [-0.2, -0.15) is 0 Å². The van der Waals surface area contributed by atoms with Gasteiger partial charge in [0.25, 0.3) is 0 Å². The number of carbonyl (C=O) groups excluding carboxylic acids is 1. The molecule has 0 bridgehead atoms. The first kappa shape index (κ1) is 13.6. The fraction of sp³-hybridized carbons (Fsp3) is 0.105. The molecular weight excluding hydrogens is 290 g/mol. The largest absolute Gasteiger partial charge is 0.465 e. The fourth-order valence-corrected chi connectivity index (χ4v) is 2.95. The molecule has 0 spiro atoms. The van der Waals surface area contributed by atoms with E-state index in [9.17, 15) is 4.79 Å². The summed E-state index contributed by atoms with van der Waals surface area (Å²) in [7, 11) is 1.40. The molecule has 0 aliphatic carbocycles. The Balaban J connectivity index is 1.81. The van der Waals surface area contributed by atoms with Gasteiger partial charge in [-0.1, -0.05) is 30.3 Å². The third kappa shape index (κ3) is 2.28. The van der Waals surface area contributed by atoms with E-state index < -0.39 is 0 Å². The number of carbonyl (C=O) groups is 1. The number of hydrogen-bond donors (Lipinski definition) is 0. The van der Waals surface area contributed by atoms with Crippen molar-refractivity contribution in [2.45, 2.75) is 6.54 Å². The number of ether oxygens (including phenoxy) is 1. The number of hydrogen-bond acceptors (Lipinski definition) is 3. The molecule has 4 nitrogen and oxygen atoms in total. The molecule has 0 saturated carbocycles. The lowest BCUT2D eigenvalue weighted by Crippen LogP contribution is -2.06. The number of nitrogens with zero attached hydrogens (tertiary/aromatic N) is 1. The fourth-order valence-electron chi connectivity index (χ4n) is 2.95. The van der Waals surface area contributed by atoms with Crippen LogP contribution in [0.25, 0.3) is 21.9 Å². The van der Waals surface area contributed by atoms with Crippen LogP contribution in [0, 0.1) is 0 Å². The van der Waals surface area contributed by atoms with Gasteiger partial charge in [-0.05, 0) is 24.3 Å². The Morgan fingerprint density at radius 1 is 1.09 bits per heavy atom. The number of benzene rings is 2. The molecule has 0 saturated heterocycles. The van der Waals surface area contributed by atoms with Crippen molar-refractivity contribution in [2.75, 3.05) is 7.11 Å². The second-order valence-corrected chi connectivity index (χ2v) is 5.43. The molecule has 0 N–H and O–H groups in total. The summed E-state index contributed by atoms with van der Waals surface area (Å²) >= 11 is 0. The highest BCUT2D eigenvalue weighted by Crippen LogP contribution is 2.24. The highest BCUT2D eigenvalue weighted by atomic mass is 16.5. The van der Waals surface area contributed by atoms with Crippen molar-refractivity contribution in [3.05, 3.63) is 72.1 Å². The summed E-state index contributed by atoms with van der Waals surface area (Å²) in [6, 6.07) is 17.6. The monoisotopic (exact) mass is 305 g/mol. The lowest BCUT2D eigenvalue weighted by Gasteiger charge is -2.07. The van der Waals surface area contributed by atoms with Gasteiger partial charge in [0.05, 0.1) is 24.7 Å². The van der Waals surface area contributed by atoms with Crippen LogP contribution >= 0.6 is 0 Å². The molecule has 0 unspecified atom stereocenters. The average molecular weight is 305 g/mol. The van der Waals surface area contributed by atoms with Crippen LogP contribution in [0.4, 0.5) is 0 Å². The molecule has 114 valence electrons. The third-order valence-electron chi connectivity index (χ3n) is 4.00. The summed E-state index contributed by atoms with van der Waals surface area (Å²) in [5.41, 5.74) is 2.29. The molecule has 4 aromatic rings. The molecule has 0 atom stereocenters. The van der Waals surface area contributed by atoms with Crippen LogP contribution in [0.5, 0.6) is 0 Å². The Morgan fingerprint density at radius 2 is 1.91 bits per heavy atom. The van der Waals surface area contributed by atoms with E-state index in [0.29, 0.717) is 12.1 Å². The topological polar surface area (TPSA) is 44.4 Å². The summed E-state index contributed by atoms with van der Waals surface area (Å²) in [6.07, 6.45) is 1.96. The van der Waals surface area contributed by atoms with Crippen LogP contribution in [0.15, 0.2) is 65.2 Å². The first-order valence-electron chi connectivity index (χ1n) is 7.40. The van der Waals surface area contributed by atoms with Crippen LogP contribution in [0.3, 0.4) is 0 Å². The average Bonchev–Trinajstić information content (AvgIpc) is 3.18. The number of esters is 1. The number of para-hydroxylation sites is 2. The zero-order valence-corrected chi connectivity index (χ0v) is 12.7. The predicted molar refractivity (Wildman–Crippen MR) is 88.6 cm³/mol. The van der Waals surface area contributed by atoms with E-state index in [1.165, 1.54) is 7.11 Å². The Morgan fingerprint density at radius 3 is 2.74 bits per heavy atom. The summed E-state index contributed by atoms with van der Waals surface area (Å²) in [6.45, 7) is 0.562. The molecule has 0 amide bonds. The second kappa shape index (κ2) is 5.32. The maximum absolute atomic E-state index is 12.0. The van der Waals surface area contributed by atoms with Crippen molar-refractivity contribution >= 4 is 27.8 Å². The molecule has 2 aromatic carbocycles. The quantitative estimate of drug-likeness (QED) is 0.532. The van der Waals surface area contributed by atoms with Crippen molar-refractivity contribution in [1.29, 1.82) is 0 Å². The SMILES string of the molecule is COC(=O)c1cccc2ccn(Cc3cc4ccccc4o3)c12. The normalized spacial score (nSPS) is 11.2. The van der Waals surface area contributed by atoms with Gasteiger partial charge in [-0.25, -0.2) is 4.79 Å². The summed E-state index contributed by atoms with van der Waals surface area (Å²) in [4.78, 5) is 12.0. The standard InChI is InChI=1S/C19H15NO3/c1-22-19(21)16-7-4-6-13-9-10-20(18(13)16)12-15-11-14-5-2-3-8-17(14)23-15/h2-11H,12H2,1H3. The molecule has 2 aromatic heterocycles. The van der Waals surface area contributed by atoms with E-state index in [1.807, 2.05) is 59.3 Å². The van der Waals surface area contributed by atoms with Crippen LogP contribution in [-0.2, 0) is 11.3 Å². The Kier molecular flexibility index (Phi) is 3.15. The van der Waals surface area contributed by atoms with E-state index in [4.69, 9.17) is 9.15 Å². The highest BCUT2D eigenvalue weighted by molar-refractivity contribution is 6.03. The van der Waals surface area contributed by atoms with E-state index in [2.05, 4.69) is 0 Å². The molecule has 2 heterocycles. The molecule has 4 rings (SSSR count). The summed E-state index contributed by atoms with van der Waals surface area (Å²) in [5, 5.41) is 2.08. The zero-order chi connectivity index (χ0) is 15.8. The van der Waals surface area contributed by atoms with Crippen LogP contribution < -0.4 is 0 Å². The molecule has 23 heavy (non-hydrogen) atoms. The Hall–Kier alpha value is -3.01. The summed E-state index contributed by atoms with van der Waals surface area (Å²) < 4.78 is 12.8. The molecule has 0 aliphatic rings. The summed E-state index contributed by atoms with van der Waals surface area (Å²) in [5.74, 6) is 0.517. The Labute approximate surface area is 132 Å². The molecule has 4 heteroatoms. The maximum atomic E-state index is 12.0. The number of rotatable bonds is 3. The number of furan rings is 1. The number of methoxy groups -OCH3 is 1. The lowest BCUT2D eigenvalue weighted by molar-refractivity contribution is 0.0602. The molecule has 0 radical (unpaired) electrons. The van der Waals surface area contributed by atoms with E-state index in [0.717, 1.165) is 27.6 Å². The third-order valence-corrected chi connectivity index (χ3v) is 4.00. The van der Waals surface area contributed by atoms with Gasteiger partial charge in [0, 0.05) is 17.0 Å². The van der Waals surface area contributed by atoms with E-state index in [-0.39, 0.29) is 5.97 Å². The number of fused-ring (bicyclic) bond motifs is 2. The van der Waals surface area contributed by atoms with Crippen molar-refractivity contribution < 1.29 is 13.9 Å². The maximum Gasteiger partial charge on any atom is 0.340 e. The first-order valence-corrected chi connectivity index (χ1v) is 7.40. The van der Waals surface area contributed by atoms with Crippen molar-refractivity contribution in [2.24, 2.45) is 0 Å². The smallest absolute Gasteiger partial charge is 0.340 e. The van der Waals surface area contributed by atoms with Crippen LogP contribution in [-0.4, -0.2) is 17.6 Å². The first-order chi connectivity index (χ1) is 11.3. The van der Waals surface area contributed by atoms with E-state index in [1.54, 1.807) is 6.07 Å². The van der Waals surface area contributed by atoms with Gasteiger partial charge in [0.15, 0.2) is 0 Å². The van der Waals surface area contributed by atoms with Gasteiger partial charge in [0.1, 0.15) is 11.3 Å². The van der Waals surface area contributed by atoms with Gasteiger partial charge in [-0.15, -0.1) is 0 Å². The predicted octanol–water partition coefficient (Wildman–Crippen LogP) is 4.22. The van der Waals surface area contributed by atoms with Crippen molar-refractivity contribution in [1.82, 2.24) is 4.57 Å². The second-order valence-electron chi connectivity index (χ2n) is 5.43. The van der Waals surface area contributed by atoms with Crippen LogP contribution in [0.2, 0.25) is 0 Å². The lowest BCUT2D eigenvalue weighted by atomic mass is 10.1. The van der Waals surface area contributed by atoms with Crippen molar-refractivity contribution in [3.63, 3.8) is 0 Å². The minimum Gasteiger partial charge on any atom is -0.465 e.